The van der Waals surface area contributed by atoms with Gasteiger partial charge >= 0.3 is 0 Å². The number of carbonyl (C=O) groups is 1. The molecule has 15 heavy (non-hydrogen) atoms. The van der Waals surface area contributed by atoms with Crippen LogP contribution in [0.5, 0.6) is 5.75 Å². The van der Waals surface area contributed by atoms with E-state index in [-0.39, 0.29) is 0 Å². The van der Waals surface area contributed by atoms with Gasteiger partial charge in [0.25, 0.3) is 0 Å². The van der Waals surface area contributed by atoms with Gasteiger partial charge in [0.15, 0.2) is 6.29 Å². The molecule has 82 valence electrons. The molecule has 0 saturated heterocycles. The summed E-state index contributed by atoms with van der Waals surface area (Å²) in [5.74, 6) is 0.620. The minimum atomic E-state index is 0.421. The maximum Gasteiger partial charge on any atom is 0.153 e. The lowest BCUT2D eigenvalue weighted by Gasteiger charge is -2.06. The molecule has 0 aliphatic heterocycles. The largest absolute Gasteiger partial charge is 0.489 e. The molecule has 0 fully saturated rings. The molecule has 0 unspecified atom stereocenters. The van der Waals surface area contributed by atoms with Gasteiger partial charge in [-0.25, -0.2) is 0 Å². The molecule has 0 spiro atoms. The Labute approximate surface area is 91.6 Å². The fourth-order valence-corrected chi connectivity index (χ4v) is 1.01. The number of carbonyl (C=O) groups excluding carboxylic acids is 1. The smallest absolute Gasteiger partial charge is 0.153 e. The van der Waals surface area contributed by atoms with Crippen LogP contribution in [0.3, 0.4) is 0 Å². The summed E-state index contributed by atoms with van der Waals surface area (Å²) >= 11 is 0. The first-order chi connectivity index (χ1) is 7.27. The maximum absolute atomic E-state index is 10.6. The Morgan fingerprint density at radius 1 is 1.40 bits per heavy atom. The van der Waals surface area contributed by atoms with E-state index in [0.29, 0.717) is 17.9 Å². The van der Waals surface area contributed by atoms with Gasteiger partial charge in [-0.05, 0) is 24.6 Å². The van der Waals surface area contributed by atoms with Gasteiger partial charge < -0.3 is 4.74 Å². The van der Waals surface area contributed by atoms with Gasteiger partial charge in [-0.3, -0.25) is 4.79 Å². The number of aldehydes is 1. The Morgan fingerprint density at radius 2 is 2.07 bits per heavy atom. The summed E-state index contributed by atoms with van der Waals surface area (Å²) in [6.07, 6.45) is 2.44. The molecule has 0 aliphatic carbocycles. The van der Waals surface area contributed by atoms with Crippen LogP contribution >= 0.6 is 0 Å². The van der Waals surface area contributed by atoms with E-state index in [9.17, 15) is 4.79 Å². The monoisotopic (exact) mass is 206 g/mol. The number of ether oxygens (including phenoxy) is 1. The topological polar surface area (TPSA) is 26.3 Å². The zero-order chi connectivity index (χ0) is 11.7. The van der Waals surface area contributed by atoms with Gasteiger partial charge in [0.1, 0.15) is 12.4 Å². The van der Waals surface area contributed by atoms with Crippen LogP contribution in [-0.4, -0.2) is 12.9 Å². The molecule has 0 aromatic heterocycles. The molecule has 0 saturated carbocycles. The zero-order valence-corrected chi connectivity index (χ0v) is 9.62. The third-order valence-corrected chi connectivity index (χ3v) is 1.65. The first-order valence-electron chi connectivity index (χ1n) is 5.07. The Balaban J connectivity index is 0.000000921. The summed E-state index contributed by atoms with van der Waals surface area (Å²) in [7, 11) is 0. The highest BCUT2D eigenvalue weighted by atomic mass is 16.5. The van der Waals surface area contributed by atoms with Crippen molar-refractivity contribution in [2.45, 2.75) is 20.8 Å². The molecule has 0 atom stereocenters. The van der Waals surface area contributed by atoms with E-state index >= 15 is 0 Å². The van der Waals surface area contributed by atoms with Gasteiger partial charge in [-0.2, -0.15) is 0 Å². The second kappa shape index (κ2) is 7.80. The molecule has 0 amide bonds. The van der Waals surface area contributed by atoms with E-state index < -0.39 is 0 Å². The highest BCUT2D eigenvalue weighted by Crippen LogP contribution is 2.18. The molecule has 0 N–H and O–H groups in total. The Hall–Kier alpha value is -1.57. The lowest BCUT2D eigenvalue weighted by molar-refractivity contribution is 0.112. The van der Waals surface area contributed by atoms with Crippen LogP contribution in [0.25, 0.3) is 0 Å². The summed E-state index contributed by atoms with van der Waals surface area (Å²) in [6.45, 7) is 9.91. The van der Waals surface area contributed by atoms with Crippen molar-refractivity contribution in [2.75, 3.05) is 6.61 Å². The molecule has 1 aromatic carbocycles. The fourth-order valence-electron chi connectivity index (χ4n) is 1.01. The van der Waals surface area contributed by atoms with E-state index in [1.165, 1.54) is 0 Å². The number of aryl methyl sites for hydroxylation is 1. The number of hydrogen-bond donors (Lipinski definition) is 0. The predicted octanol–water partition coefficient (Wildman–Crippen LogP) is 3.40. The predicted molar refractivity (Wildman–Crippen MR) is 63.6 cm³/mol. The molecule has 1 rings (SSSR count). The maximum atomic E-state index is 10.6. The molecule has 2 heteroatoms. The van der Waals surface area contributed by atoms with Gasteiger partial charge in [0, 0.05) is 0 Å². The minimum absolute atomic E-state index is 0.421. The fraction of sp³-hybridized carbons (Fsp3) is 0.308. The van der Waals surface area contributed by atoms with Crippen molar-refractivity contribution < 1.29 is 9.53 Å². The van der Waals surface area contributed by atoms with Crippen LogP contribution in [0, 0.1) is 6.92 Å². The van der Waals surface area contributed by atoms with Crippen molar-refractivity contribution in [1.29, 1.82) is 0 Å². The average molecular weight is 206 g/mol. The van der Waals surface area contributed by atoms with Crippen molar-refractivity contribution in [1.82, 2.24) is 0 Å². The second-order valence-electron chi connectivity index (χ2n) is 2.76. The van der Waals surface area contributed by atoms with Crippen LogP contribution < -0.4 is 4.74 Å². The second-order valence-corrected chi connectivity index (χ2v) is 2.76. The molecular formula is C13H18O2. The molecule has 2 nitrogen and oxygen atoms in total. The van der Waals surface area contributed by atoms with E-state index in [0.717, 1.165) is 11.8 Å². The van der Waals surface area contributed by atoms with E-state index in [4.69, 9.17) is 4.74 Å². The van der Waals surface area contributed by atoms with Crippen LogP contribution in [0.4, 0.5) is 0 Å². The standard InChI is InChI=1S/C11H12O2.C2H6/c1-3-6-13-11-7-9(2)4-5-10(11)8-12;1-2/h3-5,7-8H,1,6H2,2H3;1-2H3. The van der Waals surface area contributed by atoms with Gasteiger partial charge in [-0.1, -0.05) is 32.6 Å². The van der Waals surface area contributed by atoms with Crippen molar-refractivity contribution in [2.24, 2.45) is 0 Å². The number of hydrogen-bond acceptors (Lipinski definition) is 2. The molecule has 0 heterocycles. The van der Waals surface area contributed by atoms with Gasteiger partial charge in [-0.15, -0.1) is 0 Å². The number of rotatable bonds is 4. The molecular weight excluding hydrogens is 188 g/mol. The summed E-state index contributed by atoms with van der Waals surface area (Å²) in [5, 5.41) is 0. The van der Waals surface area contributed by atoms with Crippen molar-refractivity contribution in [3.05, 3.63) is 42.0 Å². The van der Waals surface area contributed by atoms with E-state index in [1.54, 1.807) is 12.1 Å². The summed E-state index contributed by atoms with van der Waals surface area (Å²) in [5.41, 5.74) is 1.65. The SMILES string of the molecule is C=CCOc1cc(C)ccc1C=O.CC. The van der Waals surface area contributed by atoms with Crippen molar-refractivity contribution in [3.63, 3.8) is 0 Å². The first-order valence-corrected chi connectivity index (χ1v) is 5.07. The lowest BCUT2D eigenvalue weighted by atomic mass is 10.1. The Kier molecular flexibility index (Phi) is 6.98. The van der Waals surface area contributed by atoms with E-state index in [2.05, 4.69) is 6.58 Å². The molecule has 0 radical (unpaired) electrons. The summed E-state index contributed by atoms with van der Waals surface area (Å²) in [6, 6.07) is 5.47. The first kappa shape index (κ1) is 13.4. The van der Waals surface area contributed by atoms with Crippen LogP contribution in [-0.2, 0) is 0 Å². The quantitative estimate of drug-likeness (QED) is 0.557. The highest BCUT2D eigenvalue weighted by Gasteiger charge is 2.01. The van der Waals surface area contributed by atoms with Gasteiger partial charge in [0.05, 0.1) is 5.56 Å². The summed E-state index contributed by atoms with van der Waals surface area (Å²) in [4.78, 5) is 10.6. The molecule has 0 aliphatic rings. The third-order valence-electron chi connectivity index (χ3n) is 1.65. The Bertz CT molecular complexity index is 316. The highest BCUT2D eigenvalue weighted by molar-refractivity contribution is 5.79. The summed E-state index contributed by atoms with van der Waals surface area (Å²) < 4.78 is 5.31. The molecule has 1 aromatic rings. The van der Waals surface area contributed by atoms with Gasteiger partial charge in [0.2, 0.25) is 0 Å². The zero-order valence-electron chi connectivity index (χ0n) is 9.62. The van der Waals surface area contributed by atoms with E-state index in [1.807, 2.05) is 32.9 Å². The van der Waals surface area contributed by atoms with Crippen molar-refractivity contribution >= 4 is 6.29 Å². The van der Waals surface area contributed by atoms with Crippen LogP contribution in [0.1, 0.15) is 29.8 Å². The van der Waals surface area contributed by atoms with Crippen LogP contribution in [0.2, 0.25) is 0 Å². The number of benzene rings is 1. The lowest BCUT2D eigenvalue weighted by Crippen LogP contribution is -1.97. The third kappa shape index (κ3) is 4.45. The Morgan fingerprint density at radius 3 is 2.60 bits per heavy atom. The molecule has 0 bridgehead atoms. The average Bonchev–Trinajstić information content (AvgIpc) is 2.29. The van der Waals surface area contributed by atoms with Crippen LogP contribution in [0.15, 0.2) is 30.9 Å². The normalized spacial score (nSPS) is 8.47. The van der Waals surface area contributed by atoms with Crippen molar-refractivity contribution in [3.8, 4) is 5.75 Å². The minimum Gasteiger partial charge on any atom is -0.489 e.